The zero-order valence-corrected chi connectivity index (χ0v) is 13.1. The van der Waals surface area contributed by atoms with Crippen LogP contribution in [-0.4, -0.2) is 56.5 Å². The SMILES string of the molecule is Cc1ccc(S(=O)(=O)O)cc1N(C)CC(O)CS(=O)(=O)O. The van der Waals surface area contributed by atoms with E-state index in [1.54, 1.807) is 6.92 Å². The minimum Gasteiger partial charge on any atom is -0.390 e. The predicted molar refractivity (Wildman–Crippen MR) is 76.7 cm³/mol. The van der Waals surface area contributed by atoms with Crippen LogP contribution in [0, 0.1) is 6.92 Å². The van der Waals surface area contributed by atoms with Crippen LogP contribution in [0.3, 0.4) is 0 Å². The van der Waals surface area contributed by atoms with Crippen LogP contribution < -0.4 is 4.90 Å². The molecule has 8 nitrogen and oxygen atoms in total. The molecule has 21 heavy (non-hydrogen) atoms. The molecule has 1 rings (SSSR count). The van der Waals surface area contributed by atoms with Gasteiger partial charge in [-0.15, -0.1) is 0 Å². The Morgan fingerprint density at radius 2 is 1.76 bits per heavy atom. The van der Waals surface area contributed by atoms with Gasteiger partial charge in [0.1, 0.15) is 5.75 Å². The summed E-state index contributed by atoms with van der Waals surface area (Å²) in [6, 6.07) is 3.92. The lowest BCUT2D eigenvalue weighted by Gasteiger charge is -2.24. The number of likely N-dealkylation sites (N-methyl/N-ethyl adjacent to an activating group) is 1. The Kier molecular flexibility index (Phi) is 5.34. The maximum atomic E-state index is 11.1. The minimum absolute atomic E-state index is 0.143. The molecule has 0 radical (unpaired) electrons. The van der Waals surface area contributed by atoms with Crippen molar-refractivity contribution in [3.05, 3.63) is 23.8 Å². The lowest BCUT2D eigenvalue weighted by Crippen LogP contribution is -2.34. The zero-order valence-electron chi connectivity index (χ0n) is 11.5. The van der Waals surface area contributed by atoms with E-state index in [2.05, 4.69) is 0 Å². The zero-order chi connectivity index (χ0) is 16.4. The Morgan fingerprint density at radius 1 is 1.19 bits per heavy atom. The standard InChI is InChI=1S/C11H17NO7S2/c1-8-3-4-10(21(17,18)19)5-11(8)12(2)6-9(13)7-20(14,15)16/h3-5,9,13H,6-7H2,1-2H3,(H,14,15,16)(H,17,18,19). The Bertz CT molecular complexity index is 712. The number of hydrogen-bond acceptors (Lipinski definition) is 6. The highest BCUT2D eigenvalue weighted by molar-refractivity contribution is 7.86. The molecule has 0 fully saturated rings. The van der Waals surface area contributed by atoms with Crippen molar-refractivity contribution in [1.82, 2.24) is 0 Å². The molecule has 0 saturated carbocycles. The number of benzene rings is 1. The molecule has 10 heteroatoms. The van der Waals surface area contributed by atoms with Gasteiger partial charge < -0.3 is 10.0 Å². The van der Waals surface area contributed by atoms with Crippen molar-refractivity contribution in [2.75, 3.05) is 24.2 Å². The van der Waals surface area contributed by atoms with Gasteiger partial charge in [0.25, 0.3) is 20.2 Å². The van der Waals surface area contributed by atoms with E-state index < -0.39 is 32.1 Å². The first-order chi connectivity index (χ1) is 9.40. The monoisotopic (exact) mass is 339 g/mol. The minimum atomic E-state index is -4.36. The van der Waals surface area contributed by atoms with Gasteiger partial charge in [0.05, 0.1) is 11.0 Å². The summed E-state index contributed by atoms with van der Waals surface area (Å²) in [4.78, 5) is 1.12. The molecule has 0 spiro atoms. The van der Waals surface area contributed by atoms with Crippen molar-refractivity contribution in [2.45, 2.75) is 17.9 Å². The summed E-state index contributed by atoms with van der Waals surface area (Å²) in [5.41, 5.74) is 1.07. The summed E-state index contributed by atoms with van der Waals surface area (Å²) in [7, 11) is -7.15. The number of aryl methyl sites for hydroxylation is 1. The average molecular weight is 339 g/mol. The van der Waals surface area contributed by atoms with Crippen LogP contribution in [0.4, 0.5) is 5.69 Å². The van der Waals surface area contributed by atoms with E-state index in [-0.39, 0.29) is 11.4 Å². The third kappa shape index (κ3) is 5.59. The number of aliphatic hydroxyl groups is 1. The van der Waals surface area contributed by atoms with Crippen molar-refractivity contribution < 1.29 is 31.0 Å². The van der Waals surface area contributed by atoms with Gasteiger partial charge in [-0.05, 0) is 24.6 Å². The molecule has 1 aromatic rings. The van der Waals surface area contributed by atoms with Crippen LogP contribution in [0.1, 0.15) is 5.56 Å². The Labute approximate surface area is 123 Å². The molecule has 0 aliphatic carbocycles. The second-order valence-corrected chi connectivity index (χ2v) is 7.62. The maximum absolute atomic E-state index is 11.1. The van der Waals surface area contributed by atoms with E-state index >= 15 is 0 Å². The van der Waals surface area contributed by atoms with Crippen molar-refractivity contribution in [2.24, 2.45) is 0 Å². The highest BCUT2D eigenvalue weighted by Gasteiger charge is 2.18. The second kappa shape index (κ2) is 6.28. The molecule has 0 bridgehead atoms. The normalized spacial score (nSPS) is 14.0. The van der Waals surface area contributed by atoms with Gasteiger partial charge in [-0.25, -0.2) is 0 Å². The molecular weight excluding hydrogens is 322 g/mol. The summed E-state index contributed by atoms with van der Waals surface area (Å²) >= 11 is 0. The van der Waals surface area contributed by atoms with Gasteiger partial charge in [0.2, 0.25) is 0 Å². The number of hydrogen-bond donors (Lipinski definition) is 3. The average Bonchev–Trinajstić information content (AvgIpc) is 2.24. The number of rotatable bonds is 6. The lowest BCUT2D eigenvalue weighted by atomic mass is 10.2. The molecule has 1 aromatic carbocycles. The molecule has 0 amide bonds. The Balaban J connectivity index is 2.99. The first kappa shape index (κ1) is 17.9. The van der Waals surface area contributed by atoms with Crippen LogP contribution in [0.5, 0.6) is 0 Å². The largest absolute Gasteiger partial charge is 0.390 e. The molecule has 0 aliphatic rings. The molecule has 0 aromatic heterocycles. The van der Waals surface area contributed by atoms with Crippen LogP contribution in [0.25, 0.3) is 0 Å². The first-order valence-corrected chi connectivity index (χ1v) is 8.87. The summed E-state index contributed by atoms with van der Waals surface area (Å²) in [6.45, 7) is 1.55. The molecule has 0 saturated heterocycles. The highest BCUT2D eigenvalue weighted by Crippen LogP contribution is 2.23. The second-order valence-electron chi connectivity index (χ2n) is 4.71. The van der Waals surface area contributed by atoms with E-state index in [0.717, 1.165) is 0 Å². The fourth-order valence-corrected chi connectivity index (χ4v) is 2.96. The molecule has 120 valence electrons. The van der Waals surface area contributed by atoms with E-state index in [4.69, 9.17) is 9.11 Å². The van der Waals surface area contributed by atoms with Crippen LogP contribution in [0.2, 0.25) is 0 Å². The Morgan fingerprint density at radius 3 is 2.24 bits per heavy atom. The summed E-state index contributed by atoms with van der Waals surface area (Å²) < 4.78 is 61.2. The molecule has 1 atom stereocenters. The summed E-state index contributed by atoms with van der Waals surface area (Å²) in [6.07, 6.45) is -1.35. The smallest absolute Gasteiger partial charge is 0.294 e. The molecule has 1 unspecified atom stereocenters. The van der Waals surface area contributed by atoms with Crippen molar-refractivity contribution in [3.63, 3.8) is 0 Å². The lowest BCUT2D eigenvalue weighted by molar-refractivity contribution is 0.201. The van der Waals surface area contributed by atoms with Crippen molar-refractivity contribution in [1.29, 1.82) is 0 Å². The van der Waals surface area contributed by atoms with Gasteiger partial charge in [-0.1, -0.05) is 6.07 Å². The highest BCUT2D eigenvalue weighted by atomic mass is 32.2. The quantitative estimate of drug-likeness (QED) is 0.613. The summed E-state index contributed by atoms with van der Waals surface area (Å²) in [5, 5.41) is 9.59. The third-order valence-corrected chi connectivity index (χ3v) is 4.43. The molecule has 0 heterocycles. The maximum Gasteiger partial charge on any atom is 0.294 e. The van der Waals surface area contributed by atoms with Crippen LogP contribution in [0.15, 0.2) is 23.1 Å². The summed E-state index contributed by atoms with van der Waals surface area (Å²) in [5.74, 6) is -0.825. The van der Waals surface area contributed by atoms with Crippen molar-refractivity contribution in [3.8, 4) is 0 Å². The van der Waals surface area contributed by atoms with Gasteiger partial charge in [-0.3, -0.25) is 9.11 Å². The van der Waals surface area contributed by atoms with Crippen LogP contribution >= 0.6 is 0 Å². The van der Waals surface area contributed by atoms with Gasteiger partial charge in [-0.2, -0.15) is 16.8 Å². The number of anilines is 1. The first-order valence-electron chi connectivity index (χ1n) is 5.82. The number of nitrogens with zero attached hydrogens (tertiary/aromatic N) is 1. The molecular formula is C11H17NO7S2. The van der Waals surface area contributed by atoms with Gasteiger partial charge in [0.15, 0.2) is 0 Å². The molecule has 0 aliphatic heterocycles. The fraction of sp³-hybridized carbons (Fsp3) is 0.455. The van der Waals surface area contributed by atoms with E-state index in [9.17, 15) is 21.9 Å². The topological polar surface area (TPSA) is 132 Å². The van der Waals surface area contributed by atoms with Gasteiger partial charge in [0, 0.05) is 19.3 Å². The molecule has 3 N–H and O–H groups in total. The third-order valence-electron chi connectivity index (χ3n) is 2.78. The fourth-order valence-electron chi connectivity index (χ4n) is 1.87. The number of aliphatic hydroxyl groups excluding tert-OH is 1. The van der Waals surface area contributed by atoms with E-state index in [1.807, 2.05) is 0 Å². The van der Waals surface area contributed by atoms with Crippen molar-refractivity contribution >= 4 is 25.9 Å². The van der Waals surface area contributed by atoms with Gasteiger partial charge >= 0.3 is 0 Å². The van der Waals surface area contributed by atoms with E-state index in [0.29, 0.717) is 11.3 Å². The Hall–Kier alpha value is -1.20. The van der Waals surface area contributed by atoms with E-state index in [1.165, 1.54) is 30.1 Å². The predicted octanol–water partition coefficient (Wildman–Crippen LogP) is -0.0734. The van der Waals surface area contributed by atoms with Crippen LogP contribution in [-0.2, 0) is 20.2 Å².